The van der Waals surface area contributed by atoms with Gasteiger partial charge >= 0.3 is 0 Å². The largest absolute Gasteiger partial charge is 0.494 e. The van der Waals surface area contributed by atoms with E-state index in [2.05, 4.69) is 5.32 Å². The molecule has 0 unspecified atom stereocenters. The number of anilines is 1. The molecule has 1 fully saturated rings. The van der Waals surface area contributed by atoms with Crippen LogP contribution in [0.5, 0.6) is 5.75 Å². The number of aliphatic hydroxyl groups excluding tert-OH is 1. The van der Waals surface area contributed by atoms with Crippen molar-refractivity contribution in [1.82, 2.24) is 0 Å². The maximum Gasteiger partial charge on any atom is 0.233 e. The Labute approximate surface area is 113 Å². The van der Waals surface area contributed by atoms with Crippen LogP contribution in [0, 0.1) is 26.2 Å². The summed E-state index contributed by atoms with van der Waals surface area (Å²) in [6.45, 7) is 5.85. The van der Waals surface area contributed by atoms with Crippen molar-refractivity contribution in [1.29, 1.82) is 0 Å². The summed E-state index contributed by atoms with van der Waals surface area (Å²) in [6, 6.07) is 2.03. The molecule has 4 nitrogen and oxygen atoms in total. The number of amides is 1. The smallest absolute Gasteiger partial charge is 0.233 e. The van der Waals surface area contributed by atoms with E-state index in [1.807, 2.05) is 26.8 Å². The van der Waals surface area contributed by atoms with E-state index in [4.69, 9.17) is 4.74 Å². The summed E-state index contributed by atoms with van der Waals surface area (Å²) in [5.41, 5.74) is 3.28. The van der Waals surface area contributed by atoms with Gasteiger partial charge < -0.3 is 15.2 Å². The molecule has 0 aliphatic heterocycles. The zero-order chi connectivity index (χ0) is 14.2. The molecule has 1 amide bonds. The molecule has 104 valence electrons. The van der Waals surface area contributed by atoms with Crippen LogP contribution in [0.1, 0.15) is 29.5 Å². The van der Waals surface area contributed by atoms with Gasteiger partial charge in [0.15, 0.2) is 0 Å². The van der Waals surface area contributed by atoms with E-state index in [1.165, 1.54) is 0 Å². The Hall–Kier alpha value is -1.55. The fourth-order valence-electron chi connectivity index (χ4n) is 2.32. The highest BCUT2D eigenvalue weighted by Gasteiger charge is 2.49. The number of carbonyl (C=O) groups excluding carboxylic acids is 1. The monoisotopic (exact) mass is 263 g/mol. The highest BCUT2D eigenvalue weighted by molar-refractivity contribution is 5.99. The van der Waals surface area contributed by atoms with Crippen molar-refractivity contribution < 1.29 is 14.6 Å². The molecule has 1 aliphatic carbocycles. The average Bonchev–Trinajstić information content (AvgIpc) is 3.17. The number of rotatable bonds is 4. The first-order valence-electron chi connectivity index (χ1n) is 6.52. The summed E-state index contributed by atoms with van der Waals surface area (Å²) in [6.07, 6.45) is 1.50. The Balaban J connectivity index is 2.35. The Bertz CT molecular complexity index is 519. The summed E-state index contributed by atoms with van der Waals surface area (Å²) in [4.78, 5) is 12.2. The minimum atomic E-state index is -0.573. The molecule has 0 atom stereocenters. The third kappa shape index (κ3) is 2.32. The van der Waals surface area contributed by atoms with Crippen LogP contribution in [-0.4, -0.2) is 24.7 Å². The van der Waals surface area contributed by atoms with Crippen molar-refractivity contribution >= 4 is 11.6 Å². The summed E-state index contributed by atoms with van der Waals surface area (Å²) in [5.74, 6) is 0.597. The van der Waals surface area contributed by atoms with Crippen molar-refractivity contribution in [3.05, 3.63) is 22.8 Å². The molecule has 0 radical (unpaired) electrons. The third-order valence-corrected chi connectivity index (χ3v) is 4.07. The van der Waals surface area contributed by atoms with E-state index >= 15 is 0 Å². The summed E-state index contributed by atoms with van der Waals surface area (Å²) < 4.78 is 5.43. The first-order chi connectivity index (χ1) is 8.95. The fourth-order valence-corrected chi connectivity index (χ4v) is 2.32. The Morgan fingerprint density at radius 1 is 1.37 bits per heavy atom. The van der Waals surface area contributed by atoms with Gasteiger partial charge in [0, 0.05) is 0 Å². The van der Waals surface area contributed by atoms with E-state index < -0.39 is 5.41 Å². The van der Waals surface area contributed by atoms with Crippen LogP contribution in [0.2, 0.25) is 0 Å². The minimum absolute atomic E-state index is 0.0922. The van der Waals surface area contributed by atoms with Gasteiger partial charge in [0.2, 0.25) is 5.91 Å². The van der Waals surface area contributed by atoms with Gasteiger partial charge in [0.05, 0.1) is 24.8 Å². The second-order valence-electron chi connectivity index (χ2n) is 5.44. The van der Waals surface area contributed by atoms with Gasteiger partial charge in [0.1, 0.15) is 5.75 Å². The van der Waals surface area contributed by atoms with Gasteiger partial charge in [-0.15, -0.1) is 0 Å². The van der Waals surface area contributed by atoms with Gasteiger partial charge in [-0.2, -0.15) is 0 Å². The van der Waals surface area contributed by atoms with Crippen LogP contribution >= 0.6 is 0 Å². The number of hydrogen-bond acceptors (Lipinski definition) is 3. The van der Waals surface area contributed by atoms with Gasteiger partial charge in [-0.25, -0.2) is 0 Å². The van der Waals surface area contributed by atoms with E-state index in [0.29, 0.717) is 5.75 Å². The molecule has 0 heterocycles. The van der Waals surface area contributed by atoms with Gasteiger partial charge in [-0.05, 0) is 50.3 Å². The van der Waals surface area contributed by atoms with Crippen molar-refractivity contribution in [3.63, 3.8) is 0 Å². The number of benzene rings is 1. The molecule has 1 aromatic carbocycles. The summed E-state index contributed by atoms with van der Waals surface area (Å²) in [5, 5.41) is 12.2. The van der Waals surface area contributed by atoms with Crippen LogP contribution in [0.4, 0.5) is 5.69 Å². The molecule has 2 N–H and O–H groups in total. The molecule has 0 bridgehead atoms. The minimum Gasteiger partial charge on any atom is -0.494 e. The van der Waals surface area contributed by atoms with Crippen LogP contribution in [0.15, 0.2) is 6.07 Å². The van der Waals surface area contributed by atoms with Crippen molar-refractivity contribution in [2.75, 3.05) is 19.0 Å². The summed E-state index contributed by atoms with van der Waals surface area (Å²) >= 11 is 0. The highest BCUT2D eigenvalue weighted by Crippen LogP contribution is 2.46. The van der Waals surface area contributed by atoms with Gasteiger partial charge in [0.25, 0.3) is 0 Å². The van der Waals surface area contributed by atoms with E-state index in [9.17, 15) is 9.90 Å². The maximum absolute atomic E-state index is 12.2. The number of ether oxygens (including phenoxy) is 1. The quantitative estimate of drug-likeness (QED) is 0.876. The molecule has 1 saturated carbocycles. The lowest BCUT2D eigenvalue weighted by Gasteiger charge is -2.19. The van der Waals surface area contributed by atoms with E-state index in [-0.39, 0.29) is 12.5 Å². The second-order valence-corrected chi connectivity index (χ2v) is 5.44. The van der Waals surface area contributed by atoms with Crippen LogP contribution in [-0.2, 0) is 4.79 Å². The fraction of sp³-hybridized carbons (Fsp3) is 0.533. The predicted molar refractivity (Wildman–Crippen MR) is 74.6 cm³/mol. The molecular weight excluding hydrogens is 242 g/mol. The molecule has 4 heteroatoms. The number of methoxy groups -OCH3 is 1. The molecule has 1 aliphatic rings. The number of aliphatic hydroxyl groups is 1. The number of carbonyl (C=O) groups is 1. The lowest BCUT2D eigenvalue weighted by molar-refractivity contribution is -0.122. The molecule has 0 saturated heterocycles. The summed E-state index contributed by atoms with van der Waals surface area (Å²) in [7, 11) is 1.61. The van der Waals surface area contributed by atoms with Crippen molar-refractivity contribution in [2.45, 2.75) is 33.6 Å². The van der Waals surface area contributed by atoms with Crippen LogP contribution < -0.4 is 10.1 Å². The van der Waals surface area contributed by atoms with Gasteiger partial charge in [-0.1, -0.05) is 6.07 Å². The van der Waals surface area contributed by atoms with E-state index in [1.54, 1.807) is 7.11 Å². The van der Waals surface area contributed by atoms with Crippen LogP contribution in [0.25, 0.3) is 0 Å². The topological polar surface area (TPSA) is 58.6 Å². The standard InChI is InChI=1S/C15H21NO3/c1-9-7-10(2)12(13(19-4)11(9)3)16-14(18)15(8-17)5-6-15/h7,17H,5-6,8H2,1-4H3,(H,16,18). The van der Waals surface area contributed by atoms with Crippen molar-refractivity contribution in [3.8, 4) is 5.75 Å². The predicted octanol–water partition coefficient (Wildman–Crippen LogP) is 2.33. The molecule has 0 aromatic heterocycles. The molecule has 19 heavy (non-hydrogen) atoms. The van der Waals surface area contributed by atoms with E-state index in [0.717, 1.165) is 35.2 Å². The SMILES string of the molecule is COc1c(C)c(C)cc(C)c1NC(=O)C1(CO)CC1. The lowest BCUT2D eigenvalue weighted by Crippen LogP contribution is -2.27. The Morgan fingerprint density at radius 2 is 2.00 bits per heavy atom. The zero-order valence-electron chi connectivity index (χ0n) is 12.0. The lowest BCUT2D eigenvalue weighted by atomic mass is 10.0. The first-order valence-corrected chi connectivity index (χ1v) is 6.52. The van der Waals surface area contributed by atoms with Crippen LogP contribution in [0.3, 0.4) is 0 Å². The average molecular weight is 263 g/mol. The zero-order valence-corrected chi connectivity index (χ0v) is 12.0. The number of aryl methyl sites for hydroxylation is 2. The highest BCUT2D eigenvalue weighted by atomic mass is 16.5. The molecule has 0 spiro atoms. The maximum atomic E-state index is 12.2. The Kier molecular flexibility index (Phi) is 3.54. The molecule has 2 rings (SSSR count). The second kappa shape index (κ2) is 4.85. The third-order valence-electron chi connectivity index (χ3n) is 4.07. The van der Waals surface area contributed by atoms with Gasteiger partial charge in [-0.3, -0.25) is 4.79 Å². The first kappa shape index (κ1) is 13.9. The number of nitrogens with one attached hydrogen (secondary N) is 1. The molecule has 1 aromatic rings. The number of hydrogen-bond donors (Lipinski definition) is 2. The Morgan fingerprint density at radius 3 is 2.47 bits per heavy atom. The molecular formula is C15H21NO3. The van der Waals surface area contributed by atoms with Crippen molar-refractivity contribution in [2.24, 2.45) is 5.41 Å². The normalized spacial score (nSPS) is 16.1.